The molecule has 1 atom stereocenters. The molecule has 2 N–H and O–H groups in total. The number of benzene rings is 2. The van der Waals surface area contributed by atoms with Crippen LogP contribution in [0.5, 0.6) is 0 Å². The van der Waals surface area contributed by atoms with Crippen molar-refractivity contribution in [2.75, 3.05) is 16.8 Å². The molecule has 1 aliphatic rings. The molecule has 132 valence electrons. The zero-order valence-electron chi connectivity index (χ0n) is 14.0. The summed E-state index contributed by atoms with van der Waals surface area (Å²) in [5.74, 6) is 0.338. The third kappa shape index (κ3) is 3.17. The minimum Gasteiger partial charge on any atom is -0.311 e. The molecule has 0 spiro atoms. The fourth-order valence-electron chi connectivity index (χ4n) is 3.14. The van der Waals surface area contributed by atoms with Gasteiger partial charge in [0, 0.05) is 17.6 Å². The molecule has 4 rings (SSSR count). The lowest BCUT2D eigenvalue weighted by atomic mass is 10.1. The Morgan fingerprint density at radius 3 is 2.81 bits per heavy atom. The zero-order valence-corrected chi connectivity index (χ0v) is 14.9. The highest BCUT2D eigenvalue weighted by molar-refractivity contribution is 7.81. The second kappa shape index (κ2) is 6.84. The summed E-state index contributed by atoms with van der Waals surface area (Å²) >= 11 is 4.30. The van der Waals surface area contributed by atoms with Gasteiger partial charge in [-0.05, 0) is 30.2 Å². The number of anilines is 2. The first kappa shape index (κ1) is 16.7. The van der Waals surface area contributed by atoms with E-state index in [1.165, 1.54) is 0 Å². The van der Waals surface area contributed by atoms with E-state index < -0.39 is 0 Å². The molecule has 1 aliphatic heterocycles. The largest absolute Gasteiger partial charge is 0.311 e. The maximum atomic E-state index is 12.3. The number of hydrogen-bond acceptors (Lipinski definition) is 4. The Hall–Kier alpha value is -2.80. The summed E-state index contributed by atoms with van der Waals surface area (Å²) in [4.78, 5) is 26.2. The Morgan fingerprint density at radius 1 is 1.27 bits per heavy atom. The zero-order chi connectivity index (χ0) is 18.1. The van der Waals surface area contributed by atoms with Crippen LogP contribution in [0.3, 0.4) is 0 Å². The number of rotatable bonds is 4. The molecule has 1 unspecified atom stereocenters. The van der Waals surface area contributed by atoms with Gasteiger partial charge in [-0.2, -0.15) is 17.7 Å². The van der Waals surface area contributed by atoms with E-state index in [2.05, 4.69) is 28.1 Å². The molecular formula is C19H18N4O2S. The third-order valence-electron chi connectivity index (χ3n) is 4.50. The average molecular weight is 366 g/mol. The molecule has 2 amide bonds. The molecular weight excluding hydrogens is 348 g/mol. The Labute approximate surface area is 156 Å². The molecule has 0 saturated carbocycles. The van der Waals surface area contributed by atoms with E-state index in [0.29, 0.717) is 12.4 Å². The van der Waals surface area contributed by atoms with Crippen LogP contribution < -0.4 is 10.2 Å². The third-order valence-corrected chi connectivity index (χ3v) is 4.98. The smallest absolute Gasteiger partial charge is 0.239 e. The molecule has 0 bridgehead atoms. The van der Waals surface area contributed by atoms with Gasteiger partial charge >= 0.3 is 0 Å². The van der Waals surface area contributed by atoms with Gasteiger partial charge in [0.15, 0.2) is 5.82 Å². The summed E-state index contributed by atoms with van der Waals surface area (Å²) < 4.78 is 0. The maximum absolute atomic E-state index is 12.3. The van der Waals surface area contributed by atoms with Gasteiger partial charge in [0.1, 0.15) is 0 Å². The number of carbonyl (C=O) groups excluding carboxylic acids is 2. The van der Waals surface area contributed by atoms with E-state index >= 15 is 0 Å². The Morgan fingerprint density at radius 2 is 2.08 bits per heavy atom. The van der Waals surface area contributed by atoms with Gasteiger partial charge in [-0.3, -0.25) is 14.7 Å². The predicted molar refractivity (Wildman–Crippen MR) is 105 cm³/mol. The van der Waals surface area contributed by atoms with Crippen LogP contribution in [0.25, 0.3) is 10.9 Å². The molecule has 0 aliphatic carbocycles. The fourth-order valence-corrected chi connectivity index (χ4v) is 3.40. The van der Waals surface area contributed by atoms with Gasteiger partial charge in [-0.25, -0.2) is 0 Å². The second-order valence-corrected chi connectivity index (χ2v) is 6.93. The Kier molecular flexibility index (Phi) is 4.38. The molecule has 7 heteroatoms. The first-order valence-corrected chi connectivity index (χ1v) is 8.95. The van der Waals surface area contributed by atoms with E-state index in [9.17, 15) is 9.59 Å². The molecule has 2 heterocycles. The van der Waals surface area contributed by atoms with Crippen LogP contribution in [0.1, 0.15) is 12.0 Å². The normalized spacial score (nSPS) is 17.0. The summed E-state index contributed by atoms with van der Waals surface area (Å²) in [6.45, 7) is 0.645. The lowest BCUT2D eigenvalue weighted by Gasteiger charge is -2.16. The SMILES string of the molecule is O=C(Cc1ccccc1)Nc1n[nH]c2ccc(N3CCC(S)C3=O)cc12. The number of aromatic amines is 1. The number of amides is 2. The van der Waals surface area contributed by atoms with E-state index in [1.807, 2.05) is 48.5 Å². The summed E-state index contributed by atoms with van der Waals surface area (Å²) in [5, 5.41) is 10.5. The number of thiol groups is 1. The van der Waals surface area contributed by atoms with Crippen molar-refractivity contribution in [1.82, 2.24) is 10.2 Å². The Bertz CT molecular complexity index is 970. The van der Waals surface area contributed by atoms with Gasteiger partial charge < -0.3 is 10.2 Å². The lowest BCUT2D eigenvalue weighted by molar-refractivity contribution is -0.117. The van der Waals surface area contributed by atoms with Crippen molar-refractivity contribution in [3.63, 3.8) is 0 Å². The maximum Gasteiger partial charge on any atom is 0.239 e. The van der Waals surface area contributed by atoms with Crippen molar-refractivity contribution in [3.05, 3.63) is 54.1 Å². The highest BCUT2D eigenvalue weighted by Crippen LogP contribution is 2.29. The van der Waals surface area contributed by atoms with E-state index in [-0.39, 0.29) is 23.5 Å². The second-order valence-electron chi connectivity index (χ2n) is 6.31. The van der Waals surface area contributed by atoms with Crippen molar-refractivity contribution in [1.29, 1.82) is 0 Å². The fraction of sp³-hybridized carbons (Fsp3) is 0.211. The van der Waals surface area contributed by atoms with Gasteiger partial charge in [0.05, 0.1) is 17.2 Å². The number of nitrogens with zero attached hydrogens (tertiary/aromatic N) is 2. The standard InChI is InChI=1S/C19H18N4O2S/c24-17(10-12-4-2-1-3-5-12)20-18-14-11-13(6-7-15(14)21-22-18)23-9-8-16(26)19(23)25/h1-7,11,16,26H,8-10H2,(H2,20,21,22,24). The average Bonchev–Trinajstić information content (AvgIpc) is 3.19. The van der Waals surface area contributed by atoms with E-state index in [1.54, 1.807) is 4.90 Å². The molecule has 1 aromatic heterocycles. The topological polar surface area (TPSA) is 78.1 Å². The van der Waals surface area contributed by atoms with Crippen molar-refractivity contribution < 1.29 is 9.59 Å². The molecule has 3 aromatic rings. The Balaban J connectivity index is 1.57. The quantitative estimate of drug-likeness (QED) is 0.621. The van der Waals surface area contributed by atoms with Gasteiger partial charge in [0.2, 0.25) is 11.8 Å². The minimum absolute atomic E-state index is 0.00541. The summed E-state index contributed by atoms with van der Waals surface area (Å²) in [5.41, 5.74) is 2.53. The van der Waals surface area contributed by atoms with Crippen molar-refractivity contribution in [2.24, 2.45) is 0 Å². The molecule has 1 fully saturated rings. The van der Waals surface area contributed by atoms with E-state index in [4.69, 9.17) is 0 Å². The van der Waals surface area contributed by atoms with Crippen LogP contribution in [0.4, 0.5) is 11.5 Å². The summed E-state index contributed by atoms with van der Waals surface area (Å²) in [6.07, 6.45) is 1.01. The van der Waals surface area contributed by atoms with Crippen molar-refractivity contribution >= 4 is 46.9 Å². The number of fused-ring (bicyclic) bond motifs is 1. The van der Waals surface area contributed by atoms with Crippen LogP contribution in [-0.4, -0.2) is 33.8 Å². The molecule has 1 saturated heterocycles. The van der Waals surface area contributed by atoms with Crippen LogP contribution in [0.2, 0.25) is 0 Å². The van der Waals surface area contributed by atoms with Crippen LogP contribution in [-0.2, 0) is 16.0 Å². The van der Waals surface area contributed by atoms with Crippen LogP contribution in [0.15, 0.2) is 48.5 Å². The van der Waals surface area contributed by atoms with E-state index in [0.717, 1.165) is 28.6 Å². The molecule has 26 heavy (non-hydrogen) atoms. The van der Waals surface area contributed by atoms with Crippen molar-refractivity contribution in [3.8, 4) is 0 Å². The summed E-state index contributed by atoms with van der Waals surface area (Å²) in [7, 11) is 0. The van der Waals surface area contributed by atoms with Crippen LogP contribution >= 0.6 is 12.6 Å². The number of aromatic nitrogens is 2. The highest BCUT2D eigenvalue weighted by Gasteiger charge is 2.30. The number of carbonyl (C=O) groups is 2. The van der Waals surface area contributed by atoms with Gasteiger partial charge in [-0.15, -0.1) is 0 Å². The molecule has 2 aromatic carbocycles. The first-order valence-electron chi connectivity index (χ1n) is 8.43. The van der Waals surface area contributed by atoms with Gasteiger partial charge in [-0.1, -0.05) is 30.3 Å². The monoisotopic (exact) mass is 366 g/mol. The first-order chi connectivity index (χ1) is 12.6. The molecule has 0 radical (unpaired) electrons. The molecule has 6 nitrogen and oxygen atoms in total. The van der Waals surface area contributed by atoms with Crippen molar-refractivity contribution in [2.45, 2.75) is 18.1 Å². The number of H-pyrrole nitrogens is 1. The lowest BCUT2D eigenvalue weighted by Crippen LogP contribution is -2.27. The highest BCUT2D eigenvalue weighted by atomic mass is 32.1. The predicted octanol–water partition coefficient (Wildman–Crippen LogP) is 2.78. The number of nitrogens with one attached hydrogen (secondary N) is 2. The summed E-state index contributed by atoms with van der Waals surface area (Å²) in [6, 6.07) is 15.2. The van der Waals surface area contributed by atoms with Gasteiger partial charge in [0.25, 0.3) is 0 Å². The minimum atomic E-state index is -0.250. The van der Waals surface area contributed by atoms with Crippen LogP contribution in [0, 0.1) is 0 Å². The number of hydrogen-bond donors (Lipinski definition) is 3.